The topological polar surface area (TPSA) is 95.9 Å². The average Bonchev–Trinajstić information content (AvgIpc) is 3.44. The van der Waals surface area contributed by atoms with Crippen LogP contribution in [0.5, 0.6) is 0 Å². The molecular formula is C72H139NO5. The second-order valence-electron chi connectivity index (χ2n) is 24.6. The molecule has 2 atom stereocenters. The van der Waals surface area contributed by atoms with Crippen molar-refractivity contribution in [3.63, 3.8) is 0 Å². The number of amides is 1. The molecule has 0 rings (SSSR count). The Hall–Kier alpha value is -1.66. The molecule has 2 unspecified atom stereocenters. The van der Waals surface area contributed by atoms with Gasteiger partial charge in [0.25, 0.3) is 0 Å². The molecule has 78 heavy (non-hydrogen) atoms. The van der Waals surface area contributed by atoms with Crippen LogP contribution in [-0.2, 0) is 14.3 Å². The van der Waals surface area contributed by atoms with Crippen molar-refractivity contribution in [2.45, 2.75) is 411 Å². The molecule has 0 saturated carbocycles. The third-order valence-electron chi connectivity index (χ3n) is 16.7. The number of aliphatic hydroxyl groups excluding tert-OH is 2. The number of carbonyl (C=O) groups is 2. The number of ether oxygens (including phenoxy) is 1. The highest BCUT2D eigenvalue weighted by Gasteiger charge is 2.20. The fourth-order valence-corrected chi connectivity index (χ4v) is 11.3. The van der Waals surface area contributed by atoms with Crippen LogP contribution in [0.25, 0.3) is 0 Å². The third kappa shape index (κ3) is 63.5. The second-order valence-corrected chi connectivity index (χ2v) is 24.6. The van der Waals surface area contributed by atoms with Crippen LogP contribution in [0.2, 0.25) is 0 Å². The van der Waals surface area contributed by atoms with Crippen molar-refractivity contribution in [1.29, 1.82) is 0 Å². The van der Waals surface area contributed by atoms with E-state index in [2.05, 4.69) is 43.5 Å². The Morgan fingerprint density at radius 2 is 0.603 bits per heavy atom. The largest absolute Gasteiger partial charge is 0.466 e. The van der Waals surface area contributed by atoms with Gasteiger partial charge in [-0.2, -0.15) is 0 Å². The molecule has 0 saturated heterocycles. The Bertz CT molecular complexity index is 1220. The number of hydrogen-bond donors (Lipinski definition) is 3. The molecule has 3 N–H and O–H groups in total. The minimum atomic E-state index is -0.669. The van der Waals surface area contributed by atoms with Crippen LogP contribution in [0.15, 0.2) is 24.3 Å². The van der Waals surface area contributed by atoms with E-state index in [9.17, 15) is 19.8 Å². The van der Waals surface area contributed by atoms with Gasteiger partial charge in [-0.1, -0.05) is 334 Å². The summed E-state index contributed by atoms with van der Waals surface area (Å²) in [5.41, 5.74) is 0. The van der Waals surface area contributed by atoms with Gasteiger partial charge >= 0.3 is 5.97 Å². The van der Waals surface area contributed by atoms with E-state index >= 15 is 0 Å². The summed E-state index contributed by atoms with van der Waals surface area (Å²) in [6, 6.07) is -0.547. The molecule has 462 valence electrons. The molecular weight excluding hydrogens is 959 g/mol. The summed E-state index contributed by atoms with van der Waals surface area (Å²) >= 11 is 0. The molecule has 0 aliphatic carbocycles. The van der Waals surface area contributed by atoms with Gasteiger partial charge < -0.3 is 20.3 Å². The summed E-state index contributed by atoms with van der Waals surface area (Å²) in [5, 5.41) is 23.4. The van der Waals surface area contributed by atoms with Gasteiger partial charge in [0.1, 0.15) is 0 Å². The molecule has 0 aromatic heterocycles. The lowest BCUT2D eigenvalue weighted by Gasteiger charge is -2.22. The molecule has 0 fully saturated rings. The van der Waals surface area contributed by atoms with Gasteiger partial charge in [0, 0.05) is 12.8 Å². The SMILES string of the molecule is CCCCCCCC/C=C\CCCCCCCCCC(=O)OCCCCCCCCCCCCCC/C=C\CCCCCCCCCC(=O)NC(CO)C(O)CCCCCCCCCCCCCCCCCCCCCCC. The zero-order valence-corrected chi connectivity index (χ0v) is 52.9. The normalized spacial score (nSPS) is 12.6. The number of carbonyl (C=O) groups excluding carboxylic acids is 2. The van der Waals surface area contributed by atoms with Gasteiger partial charge in [-0.3, -0.25) is 9.59 Å². The van der Waals surface area contributed by atoms with E-state index in [0.717, 1.165) is 44.9 Å². The summed E-state index contributed by atoms with van der Waals surface area (Å²) in [7, 11) is 0. The van der Waals surface area contributed by atoms with E-state index < -0.39 is 12.1 Å². The Labute approximate surface area is 488 Å². The van der Waals surface area contributed by atoms with E-state index in [1.54, 1.807) is 0 Å². The first-order valence-electron chi connectivity index (χ1n) is 35.6. The minimum Gasteiger partial charge on any atom is -0.466 e. The summed E-state index contributed by atoms with van der Waals surface area (Å²) in [6.45, 7) is 4.98. The van der Waals surface area contributed by atoms with E-state index in [-0.39, 0.29) is 18.5 Å². The molecule has 0 aromatic rings. The van der Waals surface area contributed by atoms with Crippen LogP contribution in [-0.4, -0.2) is 47.4 Å². The molecule has 0 aliphatic rings. The van der Waals surface area contributed by atoms with Gasteiger partial charge in [0.05, 0.1) is 25.4 Å². The fourth-order valence-electron chi connectivity index (χ4n) is 11.3. The first-order valence-corrected chi connectivity index (χ1v) is 35.6. The molecule has 0 spiro atoms. The zero-order chi connectivity index (χ0) is 56.4. The molecule has 6 heteroatoms. The Balaban J connectivity index is 3.40. The minimum absolute atomic E-state index is 0.00915. The van der Waals surface area contributed by atoms with E-state index in [0.29, 0.717) is 25.9 Å². The highest BCUT2D eigenvalue weighted by molar-refractivity contribution is 5.76. The summed E-state index contributed by atoms with van der Waals surface area (Å²) in [4.78, 5) is 24.6. The zero-order valence-electron chi connectivity index (χ0n) is 52.9. The van der Waals surface area contributed by atoms with Gasteiger partial charge in [-0.05, 0) is 77.0 Å². The van der Waals surface area contributed by atoms with E-state index in [1.165, 1.54) is 321 Å². The number of allylic oxidation sites excluding steroid dienone is 4. The number of aliphatic hydroxyl groups is 2. The molecule has 1 amide bonds. The molecule has 0 heterocycles. The van der Waals surface area contributed by atoms with Crippen LogP contribution in [0.1, 0.15) is 399 Å². The molecule has 0 bridgehead atoms. The summed E-state index contributed by atoms with van der Waals surface area (Å²) < 4.78 is 5.50. The third-order valence-corrected chi connectivity index (χ3v) is 16.7. The first kappa shape index (κ1) is 76.3. The number of esters is 1. The fraction of sp³-hybridized carbons (Fsp3) is 0.917. The van der Waals surface area contributed by atoms with Gasteiger partial charge in [0.2, 0.25) is 5.91 Å². The van der Waals surface area contributed by atoms with Gasteiger partial charge in [0.15, 0.2) is 0 Å². The van der Waals surface area contributed by atoms with E-state index in [1.807, 2.05) is 0 Å². The maximum absolute atomic E-state index is 12.5. The predicted octanol–water partition coefficient (Wildman–Crippen LogP) is 22.9. The Morgan fingerprint density at radius 1 is 0.346 bits per heavy atom. The van der Waals surface area contributed by atoms with E-state index in [4.69, 9.17) is 4.74 Å². The summed E-state index contributed by atoms with van der Waals surface area (Å²) in [5.74, 6) is -0.0279. The van der Waals surface area contributed by atoms with Crippen molar-refractivity contribution in [2.75, 3.05) is 13.2 Å². The van der Waals surface area contributed by atoms with Crippen molar-refractivity contribution in [2.24, 2.45) is 0 Å². The van der Waals surface area contributed by atoms with Crippen LogP contribution in [0.4, 0.5) is 0 Å². The van der Waals surface area contributed by atoms with Crippen molar-refractivity contribution >= 4 is 11.9 Å². The Kier molecular flexibility index (Phi) is 66.4. The first-order chi connectivity index (χ1) is 38.5. The molecule has 0 aromatic carbocycles. The molecule has 6 nitrogen and oxygen atoms in total. The van der Waals surface area contributed by atoms with Crippen LogP contribution in [0, 0.1) is 0 Å². The van der Waals surface area contributed by atoms with Crippen molar-refractivity contribution in [1.82, 2.24) is 5.32 Å². The highest BCUT2D eigenvalue weighted by Crippen LogP contribution is 2.19. The average molecular weight is 1100 g/mol. The van der Waals surface area contributed by atoms with Crippen molar-refractivity contribution in [3.8, 4) is 0 Å². The lowest BCUT2D eigenvalue weighted by molar-refractivity contribution is -0.143. The van der Waals surface area contributed by atoms with Crippen LogP contribution in [0.3, 0.4) is 0 Å². The van der Waals surface area contributed by atoms with Crippen LogP contribution >= 0.6 is 0 Å². The standard InChI is InChI=1S/C72H139NO5/c1-3-5-7-9-11-13-15-17-19-21-22-26-29-33-36-40-44-48-52-56-60-64-70(75)69(68-74)73-71(76)65-61-57-53-49-45-41-37-34-30-27-24-23-25-28-31-35-39-43-47-51-55-59-63-67-78-72(77)66-62-58-54-50-46-42-38-32-20-18-16-14-12-10-8-6-4-2/h18,20,27,30,69-70,74-75H,3-17,19,21-26,28-29,31-68H2,1-2H3,(H,73,76)/b20-18-,30-27-. The maximum atomic E-state index is 12.5. The molecule has 0 aliphatic heterocycles. The number of unbranched alkanes of at least 4 members (excludes halogenated alkanes) is 52. The van der Waals surface area contributed by atoms with Crippen molar-refractivity contribution < 1.29 is 24.5 Å². The monoisotopic (exact) mass is 1100 g/mol. The number of nitrogens with one attached hydrogen (secondary N) is 1. The molecule has 0 radical (unpaired) electrons. The second kappa shape index (κ2) is 67.8. The maximum Gasteiger partial charge on any atom is 0.305 e. The highest BCUT2D eigenvalue weighted by atomic mass is 16.5. The lowest BCUT2D eigenvalue weighted by Crippen LogP contribution is -2.45. The number of hydrogen-bond acceptors (Lipinski definition) is 5. The summed E-state index contributed by atoms with van der Waals surface area (Å²) in [6.07, 6.45) is 85.0. The smallest absolute Gasteiger partial charge is 0.305 e. The van der Waals surface area contributed by atoms with Crippen molar-refractivity contribution in [3.05, 3.63) is 24.3 Å². The van der Waals surface area contributed by atoms with Crippen LogP contribution < -0.4 is 5.32 Å². The van der Waals surface area contributed by atoms with Gasteiger partial charge in [-0.25, -0.2) is 0 Å². The Morgan fingerprint density at radius 3 is 0.910 bits per heavy atom. The lowest BCUT2D eigenvalue weighted by atomic mass is 10.0. The number of rotatable bonds is 67. The van der Waals surface area contributed by atoms with Gasteiger partial charge in [-0.15, -0.1) is 0 Å². The predicted molar refractivity (Wildman–Crippen MR) is 343 cm³/mol. The quantitative estimate of drug-likeness (QED) is 0.0320.